The molecule has 0 aliphatic rings. The lowest BCUT2D eigenvalue weighted by molar-refractivity contribution is -0.384. The van der Waals surface area contributed by atoms with Gasteiger partial charge >= 0.3 is 0 Å². The molecule has 3 aromatic carbocycles. The third-order valence-corrected chi connectivity index (χ3v) is 5.51. The lowest BCUT2D eigenvalue weighted by Crippen LogP contribution is -2.30. The van der Waals surface area contributed by atoms with Gasteiger partial charge < -0.3 is 10.6 Å². The normalized spacial score (nSPS) is 11.0. The zero-order valence-corrected chi connectivity index (χ0v) is 19.1. The minimum atomic E-state index is -0.589. The zero-order chi connectivity index (χ0) is 23.3. The average molecular weight is 515 g/mol. The topological polar surface area (TPSA) is 101 Å². The summed E-state index contributed by atoms with van der Waals surface area (Å²) in [5.74, 6) is -1.14. The molecule has 0 aliphatic heterocycles. The highest BCUT2D eigenvalue weighted by Crippen LogP contribution is 2.21. The first kappa shape index (κ1) is 23.2. The Hall–Kier alpha value is -3.49. The Morgan fingerprint density at radius 1 is 1.06 bits per heavy atom. The molecule has 0 saturated carbocycles. The number of anilines is 1. The van der Waals surface area contributed by atoms with Crippen molar-refractivity contribution in [3.63, 3.8) is 0 Å². The summed E-state index contributed by atoms with van der Waals surface area (Å²) in [6.45, 7) is 1.88. The lowest BCUT2D eigenvalue weighted by Gasteiger charge is -2.12. The SMILES string of the molecule is Cc1cc(NC(=O)/C(=C/c2cccc([N+](=O)[O-])c2)NC(=O)c2cccc(Cl)c2)ccc1Br. The number of benzene rings is 3. The Morgan fingerprint density at radius 3 is 2.50 bits per heavy atom. The first-order valence-electron chi connectivity index (χ1n) is 9.33. The van der Waals surface area contributed by atoms with Crippen LogP contribution >= 0.6 is 27.5 Å². The molecule has 0 spiro atoms. The van der Waals surface area contributed by atoms with Crippen molar-refractivity contribution < 1.29 is 14.5 Å². The van der Waals surface area contributed by atoms with E-state index in [0.717, 1.165) is 10.0 Å². The Bertz CT molecular complexity index is 1240. The Labute approximate surface area is 197 Å². The number of rotatable bonds is 6. The predicted octanol–water partition coefficient (Wildman–Crippen LogP) is 5.73. The highest BCUT2D eigenvalue weighted by atomic mass is 79.9. The van der Waals surface area contributed by atoms with Crippen molar-refractivity contribution >= 4 is 56.8 Å². The van der Waals surface area contributed by atoms with Crippen LogP contribution in [0.5, 0.6) is 0 Å². The summed E-state index contributed by atoms with van der Waals surface area (Å²) in [6, 6.07) is 17.3. The molecule has 2 amide bonds. The van der Waals surface area contributed by atoms with Crippen LogP contribution in [0, 0.1) is 17.0 Å². The number of halogens is 2. The van der Waals surface area contributed by atoms with E-state index < -0.39 is 16.7 Å². The number of carbonyl (C=O) groups excluding carboxylic acids is 2. The predicted molar refractivity (Wildman–Crippen MR) is 128 cm³/mol. The van der Waals surface area contributed by atoms with Crippen LogP contribution in [0.4, 0.5) is 11.4 Å². The van der Waals surface area contributed by atoms with Crippen molar-refractivity contribution in [2.45, 2.75) is 6.92 Å². The van der Waals surface area contributed by atoms with Gasteiger partial charge in [0.15, 0.2) is 0 Å². The van der Waals surface area contributed by atoms with Crippen molar-refractivity contribution in [1.29, 1.82) is 0 Å². The van der Waals surface area contributed by atoms with Gasteiger partial charge in [0.1, 0.15) is 5.70 Å². The lowest BCUT2D eigenvalue weighted by atomic mass is 10.1. The van der Waals surface area contributed by atoms with Gasteiger partial charge in [-0.3, -0.25) is 19.7 Å². The smallest absolute Gasteiger partial charge is 0.272 e. The molecule has 0 fully saturated rings. The molecular formula is C23H17BrClN3O4. The fraction of sp³-hybridized carbons (Fsp3) is 0.0435. The van der Waals surface area contributed by atoms with Gasteiger partial charge in [-0.05, 0) is 60.5 Å². The van der Waals surface area contributed by atoms with E-state index in [1.165, 1.54) is 30.3 Å². The second kappa shape index (κ2) is 10.2. The van der Waals surface area contributed by atoms with Crippen molar-refractivity contribution in [3.05, 3.63) is 109 Å². The van der Waals surface area contributed by atoms with Crippen LogP contribution in [0.1, 0.15) is 21.5 Å². The summed E-state index contributed by atoms with van der Waals surface area (Å²) in [5.41, 5.74) is 1.85. The maximum atomic E-state index is 13.0. The summed E-state index contributed by atoms with van der Waals surface area (Å²) >= 11 is 9.36. The maximum absolute atomic E-state index is 13.0. The van der Waals surface area contributed by atoms with E-state index in [0.29, 0.717) is 16.3 Å². The van der Waals surface area contributed by atoms with Gasteiger partial charge in [0.05, 0.1) is 4.92 Å². The molecule has 0 saturated heterocycles. The third kappa shape index (κ3) is 6.03. The number of hydrogen-bond donors (Lipinski definition) is 2. The molecule has 0 radical (unpaired) electrons. The second-order valence-electron chi connectivity index (χ2n) is 6.79. The minimum absolute atomic E-state index is 0.0870. The monoisotopic (exact) mass is 513 g/mol. The molecule has 0 heterocycles. The van der Waals surface area contributed by atoms with Crippen LogP contribution < -0.4 is 10.6 Å². The van der Waals surface area contributed by atoms with E-state index >= 15 is 0 Å². The molecule has 3 aromatic rings. The largest absolute Gasteiger partial charge is 0.321 e. The molecule has 0 aliphatic carbocycles. The van der Waals surface area contributed by atoms with Gasteiger partial charge in [0.25, 0.3) is 17.5 Å². The molecule has 162 valence electrons. The number of amides is 2. The van der Waals surface area contributed by atoms with Crippen molar-refractivity contribution in [2.75, 3.05) is 5.32 Å². The number of nitro groups is 1. The summed E-state index contributed by atoms with van der Waals surface area (Å²) < 4.78 is 0.886. The van der Waals surface area contributed by atoms with Gasteiger partial charge in [-0.1, -0.05) is 45.7 Å². The van der Waals surface area contributed by atoms with Gasteiger partial charge in [0, 0.05) is 32.9 Å². The Kier molecular flexibility index (Phi) is 7.40. The highest BCUT2D eigenvalue weighted by molar-refractivity contribution is 9.10. The Balaban J connectivity index is 1.95. The number of carbonyl (C=O) groups is 2. The first-order valence-corrected chi connectivity index (χ1v) is 10.5. The minimum Gasteiger partial charge on any atom is -0.321 e. The fourth-order valence-corrected chi connectivity index (χ4v) is 3.24. The van der Waals surface area contributed by atoms with Gasteiger partial charge in [-0.15, -0.1) is 0 Å². The molecular weight excluding hydrogens is 498 g/mol. The Morgan fingerprint density at radius 2 is 1.81 bits per heavy atom. The van der Waals surface area contributed by atoms with Crippen molar-refractivity contribution in [2.24, 2.45) is 0 Å². The number of nitrogens with one attached hydrogen (secondary N) is 2. The molecule has 9 heteroatoms. The molecule has 0 aromatic heterocycles. The fourth-order valence-electron chi connectivity index (χ4n) is 2.80. The van der Waals surface area contributed by atoms with Crippen molar-refractivity contribution in [3.8, 4) is 0 Å². The summed E-state index contributed by atoms with van der Waals surface area (Å²) in [7, 11) is 0. The van der Waals surface area contributed by atoms with Gasteiger partial charge in [-0.2, -0.15) is 0 Å². The molecule has 0 unspecified atom stereocenters. The first-order chi connectivity index (χ1) is 15.2. The highest BCUT2D eigenvalue weighted by Gasteiger charge is 2.16. The van der Waals surface area contributed by atoms with Crippen molar-refractivity contribution in [1.82, 2.24) is 5.32 Å². The number of hydrogen-bond acceptors (Lipinski definition) is 4. The van der Waals surface area contributed by atoms with E-state index in [4.69, 9.17) is 11.6 Å². The van der Waals surface area contributed by atoms with E-state index in [9.17, 15) is 19.7 Å². The molecule has 0 atom stereocenters. The summed E-state index contributed by atoms with van der Waals surface area (Å²) in [5, 5.41) is 16.8. The molecule has 2 N–H and O–H groups in total. The van der Waals surface area contributed by atoms with Gasteiger partial charge in [-0.25, -0.2) is 0 Å². The summed E-state index contributed by atoms with van der Waals surface area (Å²) in [6.07, 6.45) is 1.37. The van der Waals surface area contributed by atoms with Crippen LogP contribution in [-0.2, 0) is 4.79 Å². The third-order valence-electron chi connectivity index (χ3n) is 4.39. The molecule has 3 rings (SSSR count). The van der Waals surface area contributed by atoms with E-state index in [1.54, 1.807) is 42.5 Å². The maximum Gasteiger partial charge on any atom is 0.272 e. The number of nitro benzene ring substituents is 1. The number of nitrogens with zero attached hydrogens (tertiary/aromatic N) is 1. The standard InChI is InChI=1S/C23H17BrClN3O4/c1-14-10-18(8-9-20(14)24)26-23(30)21(12-15-4-2-7-19(11-15)28(31)32)27-22(29)16-5-3-6-17(25)13-16/h2-13H,1H3,(H,26,30)(H,27,29)/b21-12-. The second-order valence-corrected chi connectivity index (χ2v) is 8.08. The molecule has 32 heavy (non-hydrogen) atoms. The van der Waals surface area contributed by atoms with Gasteiger partial charge in [0.2, 0.25) is 0 Å². The molecule has 0 bridgehead atoms. The van der Waals surface area contributed by atoms with E-state index in [-0.39, 0.29) is 16.9 Å². The average Bonchev–Trinajstić information content (AvgIpc) is 2.76. The van der Waals surface area contributed by atoms with E-state index in [2.05, 4.69) is 26.6 Å². The summed E-state index contributed by atoms with van der Waals surface area (Å²) in [4.78, 5) is 36.3. The number of aryl methyl sites for hydroxylation is 1. The van der Waals surface area contributed by atoms with Crippen LogP contribution in [0.2, 0.25) is 5.02 Å². The molecule has 7 nitrogen and oxygen atoms in total. The van der Waals surface area contributed by atoms with Crippen LogP contribution in [-0.4, -0.2) is 16.7 Å². The van der Waals surface area contributed by atoms with Crippen LogP contribution in [0.15, 0.2) is 76.9 Å². The quantitative estimate of drug-likeness (QED) is 0.249. The zero-order valence-electron chi connectivity index (χ0n) is 16.8. The number of non-ortho nitro benzene ring substituents is 1. The van der Waals surface area contributed by atoms with Crippen LogP contribution in [0.3, 0.4) is 0 Å². The van der Waals surface area contributed by atoms with Crippen LogP contribution in [0.25, 0.3) is 6.08 Å². The van der Waals surface area contributed by atoms with E-state index in [1.807, 2.05) is 6.92 Å².